The SMILES string of the molecule is COc1ccc(OC(C)C)c(NC(=O)[C@H]2CNC[C@@H]2c2cnn(C)c2)c1. The summed E-state index contributed by atoms with van der Waals surface area (Å²) in [5.41, 5.74) is 1.70. The highest BCUT2D eigenvalue weighted by Crippen LogP contribution is 2.33. The van der Waals surface area contributed by atoms with Gasteiger partial charge in [-0.05, 0) is 31.5 Å². The molecule has 2 atom stereocenters. The average molecular weight is 358 g/mol. The molecule has 0 aliphatic carbocycles. The second-order valence-electron chi connectivity index (χ2n) is 6.84. The van der Waals surface area contributed by atoms with Crippen LogP contribution in [0, 0.1) is 5.92 Å². The number of rotatable bonds is 6. The molecule has 0 unspecified atom stereocenters. The summed E-state index contributed by atoms with van der Waals surface area (Å²) in [6.45, 7) is 5.30. The zero-order chi connectivity index (χ0) is 18.7. The normalized spacial score (nSPS) is 19.6. The number of aromatic nitrogens is 2. The number of ether oxygens (including phenoxy) is 2. The van der Waals surface area contributed by atoms with Gasteiger partial charge in [0.1, 0.15) is 11.5 Å². The minimum atomic E-state index is -0.169. The number of carbonyl (C=O) groups excluding carboxylic acids is 1. The van der Waals surface area contributed by atoms with Gasteiger partial charge in [0.2, 0.25) is 5.91 Å². The van der Waals surface area contributed by atoms with Crippen LogP contribution >= 0.6 is 0 Å². The van der Waals surface area contributed by atoms with Gasteiger partial charge in [-0.15, -0.1) is 0 Å². The molecule has 1 aliphatic heterocycles. The number of nitrogens with one attached hydrogen (secondary N) is 2. The molecule has 1 amide bonds. The fourth-order valence-electron chi connectivity index (χ4n) is 3.25. The molecule has 140 valence electrons. The maximum atomic E-state index is 13.0. The van der Waals surface area contributed by atoms with E-state index in [1.165, 1.54) is 0 Å². The summed E-state index contributed by atoms with van der Waals surface area (Å²) >= 11 is 0. The summed E-state index contributed by atoms with van der Waals surface area (Å²) in [4.78, 5) is 13.0. The molecule has 2 aromatic rings. The molecule has 0 bridgehead atoms. The quantitative estimate of drug-likeness (QED) is 0.827. The minimum Gasteiger partial charge on any atom is -0.497 e. The molecule has 26 heavy (non-hydrogen) atoms. The first-order valence-electron chi connectivity index (χ1n) is 8.82. The molecule has 2 heterocycles. The van der Waals surface area contributed by atoms with Crippen LogP contribution in [0.1, 0.15) is 25.3 Å². The lowest BCUT2D eigenvalue weighted by molar-refractivity contribution is -0.119. The zero-order valence-corrected chi connectivity index (χ0v) is 15.7. The van der Waals surface area contributed by atoms with Crippen molar-refractivity contribution < 1.29 is 14.3 Å². The van der Waals surface area contributed by atoms with Gasteiger partial charge >= 0.3 is 0 Å². The number of carbonyl (C=O) groups is 1. The second kappa shape index (κ2) is 7.78. The molecular weight excluding hydrogens is 332 g/mol. The maximum Gasteiger partial charge on any atom is 0.229 e. The van der Waals surface area contributed by atoms with Crippen molar-refractivity contribution in [3.63, 3.8) is 0 Å². The van der Waals surface area contributed by atoms with Gasteiger partial charge in [-0.3, -0.25) is 9.48 Å². The van der Waals surface area contributed by atoms with Crippen molar-refractivity contribution in [2.45, 2.75) is 25.9 Å². The molecule has 1 aromatic carbocycles. The number of aryl methyl sites for hydroxylation is 1. The zero-order valence-electron chi connectivity index (χ0n) is 15.7. The standard InChI is InChI=1S/C19H26N4O3/c1-12(2)26-18-6-5-14(25-4)7-17(18)22-19(24)16-10-20-9-15(16)13-8-21-23(3)11-13/h5-8,11-12,15-16,20H,9-10H2,1-4H3,(H,22,24)/t15-,16+/m1/s1. The lowest BCUT2D eigenvalue weighted by Crippen LogP contribution is -2.28. The van der Waals surface area contributed by atoms with E-state index < -0.39 is 0 Å². The maximum absolute atomic E-state index is 13.0. The Morgan fingerprint density at radius 3 is 2.85 bits per heavy atom. The first kappa shape index (κ1) is 18.3. The second-order valence-corrected chi connectivity index (χ2v) is 6.84. The summed E-state index contributed by atoms with van der Waals surface area (Å²) in [5.74, 6) is 1.20. The van der Waals surface area contributed by atoms with E-state index in [2.05, 4.69) is 15.7 Å². The number of benzene rings is 1. The topological polar surface area (TPSA) is 77.4 Å². The van der Waals surface area contributed by atoms with Crippen LogP contribution in [-0.2, 0) is 11.8 Å². The third-order valence-corrected chi connectivity index (χ3v) is 4.51. The van der Waals surface area contributed by atoms with Gasteiger partial charge in [-0.1, -0.05) is 0 Å². The molecular formula is C19H26N4O3. The molecule has 0 saturated carbocycles. The predicted octanol–water partition coefficient (Wildman–Crippen LogP) is 2.16. The Labute approximate surface area is 153 Å². The lowest BCUT2D eigenvalue weighted by atomic mass is 9.90. The molecule has 1 aromatic heterocycles. The van der Waals surface area contributed by atoms with Crippen LogP contribution in [0.5, 0.6) is 11.5 Å². The number of amides is 1. The number of nitrogens with zero attached hydrogens (tertiary/aromatic N) is 2. The smallest absolute Gasteiger partial charge is 0.229 e. The van der Waals surface area contributed by atoms with Gasteiger partial charge in [0.25, 0.3) is 0 Å². The van der Waals surface area contributed by atoms with Gasteiger partial charge in [-0.2, -0.15) is 5.10 Å². The third kappa shape index (κ3) is 3.99. The molecule has 3 rings (SSSR count). The first-order chi connectivity index (χ1) is 12.5. The summed E-state index contributed by atoms with van der Waals surface area (Å²) in [5, 5.41) is 10.6. The number of hydrogen-bond acceptors (Lipinski definition) is 5. The Morgan fingerprint density at radius 2 is 2.19 bits per heavy atom. The van der Waals surface area contributed by atoms with E-state index in [1.807, 2.05) is 45.4 Å². The fourth-order valence-corrected chi connectivity index (χ4v) is 3.25. The van der Waals surface area contributed by atoms with Gasteiger partial charge < -0.3 is 20.1 Å². The van der Waals surface area contributed by atoms with E-state index in [0.29, 0.717) is 23.7 Å². The Balaban J connectivity index is 1.80. The summed E-state index contributed by atoms with van der Waals surface area (Å²) in [7, 11) is 3.48. The highest BCUT2D eigenvalue weighted by Gasteiger charge is 2.35. The monoisotopic (exact) mass is 358 g/mol. The van der Waals surface area contributed by atoms with Gasteiger partial charge in [0.15, 0.2) is 0 Å². The fraction of sp³-hybridized carbons (Fsp3) is 0.474. The van der Waals surface area contributed by atoms with Crippen LogP contribution < -0.4 is 20.1 Å². The average Bonchev–Trinajstić information content (AvgIpc) is 3.24. The lowest BCUT2D eigenvalue weighted by Gasteiger charge is -2.20. The van der Waals surface area contributed by atoms with E-state index in [1.54, 1.807) is 17.9 Å². The van der Waals surface area contributed by atoms with Crippen LogP contribution in [0.25, 0.3) is 0 Å². The van der Waals surface area contributed by atoms with Crippen LogP contribution in [-0.4, -0.2) is 42.0 Å². The highest BCUT2D eigenvalue weighted by atomic mass is 16.5. The summed E-state index contributed by atoms with van der Waals surface area (Å²) in [6.07, 6.45) is 3.81. The van der Waals surface area contributed by atoms with Crippen LogP contribution in [0.3, 0.4) is 0 Å². The first-order valence-corrected chi connectivity index (χ1v) is 8.82. The highest BCUT2D eigenvalue weighted by molar-refractivity contribution is 5.95. The molecule has 1 fully saturated rings. The summed E-state index contributed by atoms with van der Waals surface area (Å²) in [6, 6.07) is 5.43. The number of anilines is 1. The third-order valence-electron chi connectivity index (χ3n) is 4.51. The van der Waals surface area contributed by atoms with Crippen LogP contribution in [0.4, 0.5) is 5.69 Å². The van der Waals surface area contributed by atoms with E-state index in [4.69, 9.17) is 9.47 Å². The number of hydrogen-bond donors (Lipinski definition) is 2. The van der Waals surface area contributed by atoms with E-state index in [9.17, 15) is 4.79 Å². The van der Waals surface area contributed by atoms with E-state index in [-0.39, 0.29) is 23.8 Å². The van der Waals surface area contributed by atoms with Gasteiger partial charge in [0.05, 0.1) is 31.0 Å². The van der Waals surface area contributed by atoms with Crippen LogP contribution in [0.15, 0.2) is 30.6 Å². The molecule has 0 radical (unpaired) electrons. The Kier molecular flexibility index (Phi) is 5.46. The van der Waals surface area contributed by atoms with Crippen molar-refractivity contribution in [3.05, 3.63) is 36.2 Å². The minimum absolute atomic E-state index is 0.00957. The van der Waals surface area contributed by atoms with Crippen molar-refractivity contribution in [1.82, 2.24) is 15.1 Å². The van der Waals surface area contributed by atoms with Crippen LogP contribution in [0.2, 0.25) is 0 Å². The Hall–Kier alpha value is -2.54. The molecule has 0 spiro atoms. The van der Waals surface area contributed by atoms with Crippen molar-refractivity contribution in [3.8, 4) is 11.5 Å². The largest absolute Gasteiger partial charge is 0.497 e. The van der Waals surface area contributed by atoms with Crippen molar-refractivity contribution in [2.24, 2.45) is 13.0 Å². The summed E-state index contributed by atoms with van der Waals surface area (Å²) < 4.78 is 12.9. The predicted molar refractivity (Wildman–Crippen MR) is 99.7 cm³/mol. The van der Waals surface area contributed by atoms with Gasteiger partial charge in [-0.25, -0.2) is 0 Å². The molecule has 1 saturated heterocycles. The molecule has 2 N–H and O–H groups in total. The Morgan fingerprint density at radius 1 is 1.38 bits per heavy atom. The van der Waals surface area contributed by atoms with Crippen molar-refractivity contribution in [2.75, 3.05) is 25.5 Å². The van der Waals surface area contributed by atoms with Crippen molar-refractivity contribution in [1.29, 1.82) is 0 Å². The van der Waals surface area contributed by atoms with E-state index in [0.717, 1.165) is 12.1 Å². The van der Waals surface area contributed by atoms with Gasteiger partial charge in [0, 0.05) is 38.3 Å². The molecule has 7 nitrogen and oxygen atoms in total. The Bertz CT molecular complexity index is 772. The molecule has 7 heteroatoms. The number of methoxy groups -OCH3 is 1. The van der Waals surface area contributed by atoms with Crippen molar-refractivity contribution >= 4 is 11.6 Å². The molecule has 1 aliphatic rings. The van der Waals surface area contributed by atoms with E-state index >= 15 is 0 Å².